The molecule has 0 saturated carbocycles. The summed E-state index contributed by atoms with van der Waals surface area (Å²) in [5.74, 6) is 2.57. The van der Waals surface area contributed by atoms with Crippen LogP contribution in [0, 0.1) is 12.3 Å². The van der Waals surface area contributed by atoms with E-state index in [2.05, 4.69) is 20.9 Å². The van der Waals surface area contributed by atoms with Gasteiger partial charge >= 0.3 is 0 Å². The van der Waals surface area contributed by atoms with Crippen LogP contribution in [0.2, 0.25) is 0 Å². The lowest BCUT2D eigenvalue weighted by atomic mass is 10.0. The molecular formula is C10H11N5O2. The molecule has 0 aliphatic rings. The second-order valence-corrected chi connectivity index (χ2v) is 3.54. The van der Waals surface area contributed by atoms with Gasteiger partial charge in [-0.1, -0.05) is 5.92 Å². The third-order valence-corrected chi connectivity index (χ3v) is 2.61. The van der Waals surface area contributed by atoms with E-state index in [1.54, 1.807) is 0 Å². The van der Waals surface area contributed by atoms with Crippen molar-refractivity contribution >= 4 is 17.0 Å². The van der Waals surface area contributed by atoms with Gasteiger partial charge in [-0.05, 0) is 0 Å². The van der Waals surface area contributed by atoms with Crippen molar-refractivity contribution < 1.29 is 10.2 Å². The van der Waals surface area contributed by atoms with E-state index in [9.17, 15) is 10.2 Å². The van der Waals surface area contributed by atoms with E-state index in [-0.39, 0.29) is 5.82 Å². The van der Waals surface area contributed by atoms with E-state index in [0.29, 0.717) is 11.2 Å². The molecule has 0 spiro atoms. The molecule has 0 aliphatic carbocycles. The topological polar surface area (TPSA) is 110 Å². The van der Waals surface area contributed by atoms with Crippen LogP contribution in [0.4, 0.5) is 5.82 Å². The number of terminal acetylenes is 1. The van der Waals surface area contributed by atoms with E-state index < -0.39 is 18.8 Å². The van der Waals surface area contributed by atoms with Crippen molar-refractivity contribution in [3.05, 3.63) is 12.7 Å². The average Bonchev–Trinajstić information content (AvgIpc) is 2.79. The standard InChI is InChI=1S/C10H11N5O2/c1-2-10(3-16,4-17)15-6-14-7-8(11)12-5-13-9(7)15/h1,5-6,16-17H,3-4H2,(H2,11,12,13). The molecule has 0 atom stereocenters. The van der Waals surface area contributed by atoms with Crippen molar-refractivity contribution in [2.75, 3.05) is 18.9 Å². The molecule has 2 aromatic heterocycles. The van der Waals surface area contributed by atoms with E-state index in [0.717, 1.165) is 0 Å². The summed E-state index contributed by atoms with van der Waals surface area (Å²) < 4.78 is 1.42. The number of hydrogen-bond acceptors (Lipinski definition) is 6. The number of aliphatic hydroxyl groups is 2. The summed E-state index contributed by atoms with van der Waals surface area (Å²) in [6, 6.07) is 0. The van der Waals surface area contributed by atoms with Gasteiger partial charge in [0.05, 0.1) is 19.5 Å². The molecule has 0 amide bonds. The molecule has 0 aliphatic heterocycles. The Labute approximate surface area is 96.9 Å². The van der Waals surface area contributed by atoms with Crippen LogP contribution >= 0.6 is 0 Å². The fourth-order valence-electron chi connectivity index (χ4n) is 1.53. The van der Waals surface area contributed by atoms with Gasteiger partial charge in [0.2, 0.25) is 0 Å². The minimum atomic E-state index is -1.28. The molecule has 7 nitrogen and oxygen atoms in total. The molecule has 17 heavy (non-hydrogen) atoms. The number of nitrogens with zero attached hydrogens (tertiary/aromatic N) is 4. The maximum absolute atomic E-state index is 9.35. The van der Waals surface area contributed by atoms with E-state index in [1.807, 2.05) is 0 Å². The predicted molar refractivity (Wildman–Crippen MR) is 60.7 cm³/mol. The largest absolute Gasteiger partial charge is 0.393 e. The predicted octanol–water partition coefficient (Wildman–Crippen LogP) is -1.28. The molecule has 7 heteroatoms. The second-order valence-electron chi connectivity index (χ2n) is 3.54. The van der Waals surface area contributed by atoms with Crippen LogP contribution in [-0.2, 0) is 5.54 Å². The number of nitrogens with two attached hydrogens (primary N) is 1. The van der Waals surface area contributed by atoms with Crippen molar-refractivity contribution in [1.29, 1.82) is 0 Å². The number of hydrogen-bond donors (Lipinski definition) is 3. The summed E-state index contributed by atoms with van der Waals surface area (Å²) in [5.41, 5.74) is 5.11. The summed E-state index contributed by atoms with van der Waals surface area (Å²) in [6.45, 7) is -0.870. The van der Waals surface area contributed by atoms with Crippen LogP contribution in [0.1, 0.15) is 0 Å². The molecule has 0 unspecified atom stereocenters. The quantitative estimate of drug-likeness (QED) is 0.570. The van der Waals surface area contributed by atoms with Gasteiger partial charge in [0, 0.05) is 0 Å². The zero-order valence-electron chi connectivity index (χ0n) is 8.91. The number of imidazole rings is 1. The third-order valence-electron chi connectivity index (χ3n) is 2.61. The monoisotopic (exact) mass is 233 g/mol. The van der Waals surface area contributed by atoms with Crippen molar-refractivity contribution in [2.24, 2.45) is 0 Å². The fraction of sp³-hybridized carbons (Fsp3) is 0.300. The molecule has 0 radical (unpaired) electrons. The summed E-state index contributed by atoms with van der Waals surface area (Å²) >= 11 is 0. The number of aliphatic hydroxyl groups excluding tert-OH is 2. The molecule has 0 bridgehead atoms. The number of anilines is 1. The Balaban J connectivity index is 2.72. The average molecular weight is 233 g/mol. The molecule has 0 aromatic carbocycles. The smallest absolute Gasteiger partial charge is 0.166 e. The maximum Gasteiger partial charge on any atom is 0.166 e. The maximum atomic E-state index is 9.35. The minimum Gasteiger partial charge on any atom is -0.393 e. The lowest BCUT2D eigenvalue weighted by Gasteiger charge is -2.25. The third kappa shape index (κ3) is 1.51. The second kappa shape index (κ2) is 4.01. The van der Waals surface area contributed by atoms with Gasteiger partial charge in [0.25, 0.3) is 0 Å². The molecule has 2 heterocycles. The summed E-state index contributed by atoms with van der Waals surface area (Å²) in [6.07, 6.45) is 8.00. The SMILES string of the molecule is C#CC(CO)(CO)n1cnc2c(N)ncnc21. The molecular weight excluding hydrogens is 222 g/mol. The zero-order chi connectivity index (χ0) is 12.5. The van der Waals surface area contributed by atoms with Crippen LogP contribution in [0.15, 0.2) is 12.7 Å². The summed E-state index contributed by atoms with van der Waals surface area (Å²) in [5, 5.41) is 18.7. The number of nitrogen functional groups attached to an aromatic ring is 1. The van der Waals surface area contributed by atoms with Gasteiger partial charge in [0.15, 0.2) is 17.0 Å². The Kier molecular flexibility index (Phi) is 2.67. The molecule has 88 valence electrons. The first kappa shape index (κ1) is 11.3. The van der Waals surface area contributed by atoms with Crippen LogP contribution < -0.4 is 5.73 Å². The van der Waals surface area contributed by atoms with E-state index in [4.69, 9.17) is 12.2 Å². The molecule has 2 aromatic rings. The Morgan fingerprint density at radius 3 is 2.65 bits per heavy atom. The molecule has 0 fully saturated rings. The summed E-state index contributed by atoms with van der Waals surface area (Å²) in [7, 11) is 0. The van der Waals surface area contributed by atoms with Crippen LogP contribution in [0.3, 0.4) is 0 Å². The van der Waals surface area contributed by atoms with Crippen LogP contribution in [0.25, 0.3) is 11.2 Å². The van der Waals surface area contributed by atoms with Gasteiger partial charge < -0.3 is 15.9 Å². The molecule has 2 rings (SSSR count). The first-order chi connectivity index (χ1) is 8.18. The Hall–Kier alpha value is -2.17. The van der Waals surface area contributed by atoms with Crippen LogP contribution in [0.5, 0.6) is 0 Å². The first-order valence-corrected chi connectivity index (χ1v) is 4.82. The van der Waals surface area contributed by atoms with Gasteiger partial charge in [0.1, 0.15) is 11.8 Å². The zero-order valence-corrected chi connectivity index (χ0v) is 8.91. The lowest BCUT2D eigenvalue weighted by molar-refractivity contribution is 0.110. The van der Waals surface area contributed by atoms with Crippen molar-refractivity contribution in [2.45, 2.75) is 5.54 Å². The Morgan fingerprint density at radius 2 is 2.06 bits per heavy atom. The van der Waals surface area contributed by atoms with Gasteiger partial charge in [-0.25, -0.2) is 15.0 Å². The highest BCUT2D eigenvalue weighted by Crippen LogP contribution is 2.22. The highest BCUT2D eigenvalue weighted by Gasteiger charge is 2.30. The Bertz CT molecular complexity index is 582. The lowest BCUT2D eigenvalue weighted by Crippen LogP contribution is -2.39. The van der Waals surface area contributed by atoms with Crippen molar-refractivity contribution in [3.63, 3.8) is 0 Å². The van der Waals surface area contributed by atoms with E-state index >= 15 is 0 Å². The number of rotatable bonds is 3. The highest BCUT2D eigenvalue weighted by molar-refractivity contribution is 5.81. The normalized spacial score (nSPS) is 11.6. The highest BCUT2D eigenvalue weighted by atomic mass is 16.3. The number of aromatic nitrogens is 4. The van der Waals surface area contributed by atoms with Gasteiger partial charge in [-0.15, -0.1) is 6.42 Å². The van der Waals surface area contributed by atoms with Crippen molar-refractivity contribution in [1.82, 2.24) is 19.5 Å². The molecule has 4 N–H and O–H groups in total. The Morgan fingerprint density at radius 1 is 1.35 bits per heavy atom. The number of fused-ring (bicyclic) bond motifs is 1. The minimum absolute atomic E-state index is 0.218. The fourth-order valence-corrected chi connectivity index (χ4v) is 1.53. The molecule has 0 saturated heterocycles. The van der Waals surface area contributed by atoms with Crippen LogP contribution in [-0.4, -0.2) is 42.9 Å². The van der Waals surface area contributed by atoms with Gasteiger partial charge in [-0.3, -0.25) is 4.57 Å². The van der Waals surface area contributed by atoms with Crippen molar-refractivity contribution in [3.8, 4) is 12.3 Å². The van der Waals surface area contributed by atoms with E-state index in [1.165, 1.54) is 17.2 Å². The summed E-state index contributed by atoms with van der Waals surface area (Å²) in [4.78, 5) is 11.8. The van der Waals surface area contributed by atoms with Gasteiger partial charge in [-0.2, -0.15) is 0 Å². The first-order valence-electron chi connectivity index (χ1n) is 4.82.